The molecule has 0 spiro atoms. The number of tetrazole rings is 1. The topological polar surface area (TPSA) is 52.8 Å². The molecular weight excluding hydrogens is 192 g/mol. The number of hydrogen-bond donors (Lipinski definition) is 0. The lowest BCUT2D eigenvalue weighted by Crippen LogP contribution is -2.17. The van der Waals surface area contributed by atoms with Crippen LogP contribution < -0.4 is 0 Å². The first-order valence-electron chi connectivity index (χ1n) is 5.52. The van der Waals surface area contributed by atoms with Crippen molar-refractivity contribution < 1.29 is 4.74 Å². The van der Waals surface area contributed by atoms with Gasteiger partial charge in [0.2, 0.25) is 0 Å². The Morgan fingerprint density at radius 3 is 2.87 bits per heavy atom. The highest BCUT2D eigenvalue weighted by Gasteiger charge is 2.16. The Morgan fingerprint density at radius 1 is 1.33 bits per heavy atom. The maximum absolute atomic E-state index is 4.80. The Morgan fingerprint density at radius 2 is 2.13 bits per heavy atom. The van der Waals surface area contributed by atoms with Crippen molar-refractivity contribution in [3.05, 3.63) is 12.9 Å². The third-order valence-electron chi connectivity index (χ3n) is 2.99. The van der Waals surface area contributed by atoms with Crippen LogP contribution in [0.2, 0.25) is 0 Å². The third-order valence-corrected chi connectivity index (χ3v) is 2.99. The van der Waals surface area contributed by atoms with E-state index in [1.54, 1.807) is 0 Å². The minimum Gasteiger partial charge on any atom is -0.371 e. The van der Waals surface area contributed by atoms with E-state index in [0.29, 0.717) is 6.61 Å². The summed E-state index contributed by atoms with van der Waals surface area (Å²) in [4.78, 5) is 0. The Bertz CT molecular complexity index is 293. The summed E-state index contributed by atoms with van der Waals surface area (Å²) in [6, 6.07) is 0. The van der Waals surface area contributed by atoms with Gasteiger partial charge in [-0.3, -0.25) is 0 Å². The van der Waals surface area contributed by atoms with Gasteiger partial charge >= 0.3 is 0 Å². The van der Waals surface area contributed by atoms with Crippen molar-refractivity contribution in [2.75, 3.05) is 0 Å². The van der Waals surface area contributed by atoms with Crippen LogP contribution in [0, 0.1) is 13.0 Å². The molecule has 0 atom stereocenters. The molecule has 1 aliphatic carbocycles. The van der Waals surface area contributed by atoms with Gasteiger partial charge in [-0.25, -0.2) is 4.68 Å². The standard InChI is InChI=1S/C10H17N4O/c1-15-8-10-11-12-13-14(10)7-9-5-3-2-4-6-9/h9H,1-8H2. The van der Waals surface area contributed by atoms with E-state index in [4.69, 9.17) is 4.74 Å². The van der Waals surface area contributed by atoms with E-state index >= 15 is 0 Å². The summed E-state index contributed by atoms with van der Waals surface area (Å²) in [5, 5.41) is 11.5. The summed E-state index contributed by atoms with van der Waals surface area (Å²) < 4.78 is 6.65. The molecule has 1 aromatic rings. The van der Waals surface area contributed by atoms with Crippen LogP contribution in [0.3, 0.4) is 0 Å². The molecule has 5 nitrogen and oxygen atoms in total. The monoisotopic (exact) mass is 209 g/mol. The van der Waals surface area contributed by atoms with Crippen molar-refractivity contribution in [2.24, 2.45) is 5.92 Å². The smallest absolute Gasteiger partial charge is 0.177 e. The molecular formula is C10H17N4O. The zero-order chi connectivity index (χ0) is 10.5. The van der Waals surface area contributed by atoms with E-state index in [1.807, 2.05) is 4.68 Å². The molecule has 1 aliphatic rings. The van der Waals surface area contributed by atoms with Gasteiger partial charge in [-0.1, -0.05) is 19.3 Å². The Hall–Kier alpha value is -0.970. The summed E-state index contributed by atoms with van der Waals surface area (Å²) in [5.74, 6) is 1.50. The molecule has 0 bridgehead atoms. The Balaban J connectivity index is 1.93. The van der Waals surface area contributed by atoms with Crippen LogP contribution in [0.25, 0.3) is 0 Å². The molecule has 5 heteroatoms. The van der Waals surface area contributed by atoms with E-state index in [1.165, 1.54) is 32.1 Å². The van der Waals surface area contributed by atoms with Crippen LogP contribution >= 0.6 is 0 Å². The van der Waals surface area contributed by atoms with Gasteiger partial charge in [-0.2, -0.15) is 0 Å². The van der Waals surface area contributed by atoms with Crippen LogP contribution in [-0.2, 0) is 17.9 Å². The molecule has 0 N–H and O–H groups in total. The largest absolute Gasteiger partial charge is 0.371 e. The molecule has 15 heavy (non-hydrogen) atoms. The second-order valence-electron chi connectivity index (χ2n) is 4.13. The molecule has 0 aliphatic heterocycles. The predicted octanol–water partition coefficient (Wildman–Crippen LogP) is 1.56. The van der Waals surface area contributed by atoms with Gasteiger partial charge in [0.15, 0.2) is 5.82 Å². The number of nitrogens with zero attached hydrogens (tertiary/aromatic N) is 4. The maximum atomic E-state index is 4.80. The number of hydrogen-bond acceptors (Lipinski definition) is 4. The molecule has 0 amide bonds. The lowest BCUT2D eigenvalue weighted by molar-refractivity contribution is 0.208. The van der Waals surface area contributed by atoms with E-state index < -0.39 is 0 Å². The minimum absolute atomic E-state index is 0.389. The fraction of sp³-hybridized carbons (Fsp3) is 0.800. The van der Waals surface area contributed by atoms with Gasteiger partial charge in [0, 0.05) is 6.54 Å². The van der Waals surface area contributed by atoms with Crippen molar-refractivity contribution in [3.8, 4) is 0 Å². The van der Waals surface area contributed by atoms with Crippen molar-refractivity contribution >= 4 is 0 Å². The fourth-order valence-corrected chi connectivity index (χ4v) is 2.17. The summed E-state index contributed by atoms with van der Waals surface area (Å²) in [6.45, 7) is 1.31. The van der Waals surface area contributed by atoms with Crippen LogP contribution in [0.1, 0.15) is 37.9 Å². The third kappa shape index (κ3) is 2.75. The number of ether oxygens (including phenoxy) is 1. The van der Waals surface area contributed by atoms with Gasteiger partial charge in [0.25, 0.3) is 0 Å². The summed E-state index contributed by atoms with van der Waals surface area (Å²) >= 11 is 0. The summed E-state index contributed by atoms with van der Waals surface area (Å²) in [5.41, 5.74) is 0. The van der Waals surface area contributed by atoms with Crippen molar-refractivity contribution in [2.45, 2.75) is 45.3 Å². The summed E-state index contributed by atoms with van der Waals surface area (Å²) in [6.07, 6.45) is 6.65. The fourth-order valence-electron chi connectivity index (χ4n) is 2.17. The van der Waals surface area contributed by atoms with Gasteiger partial charge in [-0.15, -0.1) is 5.10 Å². The van der Waals surface area contributed by atoms with E-state index in [0.717, 1.165) is 18.3 Å². The molecule has 1 saturated carbocycles. The number of aromatic nitrogens is 4. The minimum atomic E-state index is 0.389. The van der Waals surface area contributed by atoms with Gasteiger partial charge in [-0.05, 0) is 29.2 Å². The highest BCUT2D eigenvalue weighted by molar-refractivity contribution is 4.79. The SMILES string of the molecule is [CH2]OCc1nnnn1CC1CCCCC1. The van der Waals surface area contributed by atoms with Gasteiger partial charge < -0.3 is 4.74 Å². The van der Waals surface area contributed by atoms with Crippen molar-refractivity contribution in [3.63, 3.8) is 0 Å². The highest BCUT2D eigenvalue weighted by Crippen LogP contribution is 2.24. The molecule has 0 aromatic carbocycles. The van der Waals surface area contributed by atoms with Crippen LogP contribution in [-0.4, -0.2) is 20.2 Å². The first-order valence-corrected chi connectivity index (χ1v) is 5.52. The Labute approximate surface area is 89.8 Å². The highest BCUT2D eigenvalue weighted by atomic mass is 16.5. The first kappa shape index (κ1) is 10.5. The molecule has 1 aromatic heterocycles. The molecule has 2 rings (SSSR count). The van der Waals surface area contributed by atoms with Crippen molar-refractivity contribution in [1.29, 1.82) is 0 Å². The van der Waals surface area contributed by atoms with E-state index in [-0.39, 0.29) is 0 Å². The predicted molar refractivity (Wildman–Crippen MR) is 54.5 cm³/mol. The molecule has 0 unspecified atom stereocenters. The Kier molecular flexibility index (Phi) is 3.66. The zero-order valence-electron chi connectivity index (χ0n) is 8.93. The molecule has 1 fully saturated rings. The normalized spacial score (nSPS) is 18.2. The second-order valence-corrected chi connectivity index (χ2v) is 4.13. The molecule has 0 saturated heterocycles. The average Bonchev–Trinajstić information content (AvgIpc) is 2.68. The van der Waals surface area contributed by atoms with Crippen molar-refractivity contribution in [1.82, 2.24) is 20.2 Å². The lowest BCUT2D eigenvalue weighted by Gasteiger charge is -2.21. The van der Waals surface area contributed by atoms with Crippen LogP contribution in [0.15, 0.2) is 0 Å². The summed E-state index contributed by atoms with van der Waals surface area (Å²) in [7, 11) is 3.34. The molecule has 1 heterocycles. The molecule has 1 radical (unpaired) electrons. The zero-order valence-corrected chi connectivity index (χ0v) is 8.93. The van der Waals surface area contributed by atoms with Gasteiger partial charge in [0.05, 0.1) is 7.11 Å². The first-order chi connectivity index (χ1) is 7.40. The second kappa shape index (κ2) is 5.21. The maximum Gasteiger partial charge on any atom is 0.177 e. The van der Waals surface area contributed by atoms with Gasteiger partial charge in [0.1, 0.15) is 6.61 Å². The quantitative estimate of drug-likeness (QED) is 0.755. The van der Waals surface area contributed by atoms with Crippen LogP contribution in [0.4, 0.5) is 0 Å². The van der Waals surface area contributed by atoms with Crippen LogP contribution in [0.5, 0.6) is 0 Å². The average molecular weight is 209 g/mol. The lowest BCUT2D eigenvalue weighted by atomic mass is 9.89. The number of rotatable bonds is 4. The van der Waals surface area contributed by atoms with E-state index in [2.05, 4.69) is 22.6 Å². The molecule has 83 valence electrons. The van der Waals surface area contributed by atoms with E-state index in [9.17, 15) is 0 Å².